The van der Waals surface area contributed by atoms with E-state index in [0.717, 1.165) is 12.3 Å². The Hall–Kier alpha value is -1.61. The quantitative estimate of drug-likeness (QED) is 0.455. The lowest BCUT2D eigenvalue weighted by atomic mass is 10.1. The summed E-state index contributed by atoms with van der Waals surface area (Å²) in [6, 6.07) is 8.19. The van der Waals surface area contributed by atoms with Gasteiger partial charge in [-0.05, 0) is 17.2 Å². The number of nitrogens with zero attached hydrogens (tertiary/aromatic N) is 1. The van der Waals surface area contributed by atoms with Gasteiger partial charge in [-0.2, -0.15) is 0 Å². The Morgan fingerprint density at radius 1 is 1.31 bits per heavy atom. The smallest absolute Gasteiger partial charge is 0.120 e. The molecule has 13 heavy (non-hydrogen) atoms. The van der Waals surface area contributed by atoms with E-state index in [0.29, 0.717) is 0 Å². The Bertz CT molecular complexity index is 366. The van der Waals surface area contributed by atoms with E-state index in [1.807, 2.05) is 18.2 Å². The summed E-state index contributed by atoms with van der Waals surface area (Å²) in [5.41, 5.74) is 5.03. The highest BCUT2D eigenvalue weighted by Gasteiger charge is 2.05. The van der Waals surface area contributed by atoms with Crippen molar-refractivity contribution in [2.75, 3.05) is 0 Å². The van der Waals surface area contributed by atoms with E-state index in [-0.39, 0.29) is 0 Å². The Labute approximate surface area is 77.0 Å². The van der Waals surface area contributed by atoms with Gasteiger partial charge in [0.05, 0.1) is 0 Å². The number of amidine groups is 1. The third-order valence-corrected chi connectivity index (χ3v) is 2.06. The number of benzene rings is 1. The normalized spacial score (nSPS) is 14.4. The van der Waals surface area contributed by atoms with E-state index >= 15 is 0 Å². The van der Waals surface area contributed by atoms with Crippen LogP contribution in [0.25, 0.3) is 6.08 Å². The van der Waals surface area contributed by atoms with Crippen molar-refractivity contribution in [3.8, 4) is 0 Å². The number of rotatable bonds is 0. The maximum absolute atomic E-state index is 5.32. The maximum Gasteiger partial charge on any atom is 0.120 e. The third-order valence-electron chi connectivity index (χ3n) is 2.06. The molecule has 0 amide bonds. The fourth-order valence-electron chi connectivity index (χ4n) is 1.38. The molecular weight excluding hydrogens is 162 g/mol. The highest BCUT2D eigenvalue weighted by molar-refractivity contribution is 5.86. The van der Waals surface area contributed by atoms with Crippen molar-refractivity contribution >= 4 is 11.9 Å². The van der Waals surface area contributed by atoms with Crippen LogP contribution in [0.1, 0.15) is 11.1 Å². The van der Waals surface area contributed by atoms with Gasteiger partial charge in [-0.1, -0.05) is 24.3 Å². The minimum Gasteiger partial charge on any atom is -0.312 e. The Morgan fingerprint density at radius 2 is 2.15 bits per heavy atom. The first-order valence-corrected chi connectivity index (χ1v) is 4.18. The lowest BCUT2D eigenvalue weighted by Crippen LogP contribution is -2.31. The number of nitrogens with two attached hydrogens (primary N) is 1. The van der Waals surface area contributed by atoms with Crippen molar-refractivity contribution in [2.45, 2.75) is 6.42 Å². The van der Waals surface area contributed by atoms with Gasteiger partial charge < -0.3 is 5.43 Å². The van der Waals surface area contributed by atoms with Crippen molar-refractivity contribution in [3.05, 3.63) is 41.6 Å². The highest BCUT2D eigenvalue weighted by Crippen LogP contribution is 2.14. The number of hydrazine groups is 1. The van der Waals surface area contributed by atoms with Gasteiger partial charge in [0.1, 0.15) is 5.84 Å². The summed E-state index contributed by atoms with van der Waals surface area (Å²) in [6.45, 7) is 0. The molecule has 0 bridgehead atoms. The molecule has 1 heterocycles. The van der Waals surface area contributed by atoms with Crippen LogP contribution in [0.4, 0.5) is 0 Å². The second-order valence-corrected chi connectivity index (χ2v) is 2.91. The molecule has 0 atom stereocenters. The van der Waals surface area contributed by atoms with Crippen LogP contribution in [0.5, 0.6) is 0 Å². The van der Waals surface area contributed by atoms with Crippen molar-refractivity contribution in [1.29, 1.82) is 0 Å². The Balaban J connectivity index is 2.40. The van der Waals surface area contributed by atoms with E-state index in [2.05, 4.69) is 22.6 Å². The average Bonchev–Trinajstić information content (AvgIpc) is 2.38. The Kier molecular flexibility index (Phi) is 2.10. The van der Waals surface area contributed by atoms with Gasteiger partial charge in [0.2, 0.25) is 0 Å². The molecule has 0 aliphatic carbocycles. The minimum atomic E-state index is 0.764. The second-order valence-electron chi connectivity index (χ2n) is 2.91. The van der Waals surface area contributed by atoms with Gasteiger partial charge in [-0.3, -0.25) is 0 Å². The number of hydrogen-bond donors (Lipinski definition) is 2. The average molecular weight is 173 g/mol. The monoisotopic (exact) mass is 173 g/mol. The largest absolute Gasteiger partial charge is 0.312 e. The molecule has 0 saturated heterocycles. The van der Waals surface area contributed by atoms with Crippen LogP contribution in [0.15, 0.2) is 35.5 Å². The summed E-state index contributed by atoms with van der Waals surface area (Å²) < 4.78 is 0. The number of nitrogens with one attached hydrogen (secondary N) is 1. The molecular formula is C10H11N3. The maximum atomic E-state index is 5.32. The molecule has 1 aliphatic heterocycles. The number of fused-ring (bicyclic) bond motifs is 1. The molecule has 3 nitrogen and oxygen atoms in total. The van der Waals surface area contributed by atoms with E-state index < -0.39 is 0 Å². The molecule has 66 valence electrons. The van der Waals surface area contributed by atoms with Crippen LogP contribution >= 0.6 is 0 Å². The first-order chi connectivity index (χ1) is 6.40. The summed E-state index contributed by atoms with van der Waals surface area (Å²) in [5.74, 6) is 6.11. The number of aliphatic imine (C=N–C) groups is 1. The molecule has 1 aliphatic rings. The zero-order valence-electron chi connectivity index (χ0n) is 7.20. The molecule has 1 aromatic rings. The molecule has 0 spiro atoms. The molecule has 0 unspecified atom stereocenters. The lowest BCUT2D eigenvalue weighted by molar-refractivity contribution is 0.989. The van der Waals surface area contributed by atoms with Gasteiger partial charge >= 0.3 is 0 Å². The van der Waals surface area contributed by atoms with Crippen LogP contribution < -0.4 is 11.3 Å². The van der Waals surface area contributed by atoms with Crippen LogP contribution in [0.2, 0.25) is 0 Å². The standard InChI is InChI=1S/C10H11N3/c11-13-10-7-9-4-2-1-3-8(9)5-6-12-10/h1-6H,7,11H2,(H,12,13). The van der Waals surface area contributed by atoms with Crippen molar-refractivity contribution in [3.63, 3.8) is 0 Å². The number of hydrogen-bond acceptors (Lipinski definition) is 3. The second kappa shape index (κ2) is 3.41. The summed E-state index contributed by atoms with van der Waals surface area (Å²) in [7, 11) is 0. The summed E-state index contributed by atoms with van der Waals surface area (Å²) in [6.07, 6.45) is 4.51. The zero-order chi connectivity index (χ0) is 9.10. The van der Waals surface area contributed by atoms with Gasteiger partial charge in [0.25, 0.3) is 0 Å². The summed E-state index contributed by atoms with van der Waals surface area (Å²) in [4.78, 5) is 4.16. The van der Waals surface area contributed by atoms with Gasteiger partial charge in [0, 0.05) is 12.6 Å². The summed E-state index contributed by atoms with van der Waals surface area (Å²) in [5, 5.41) is 0. The molecule has 0 aromatic heterocycles. The van der Waals surface area contributed by atoms with Gasteiger partial charge in [-0.25, -0.2) is 10.8 Å². The molecule has 0 fully saturated rings. The van der Waals surface area contributed by atoms with Crippen LogP contribution in [-0.4, -0.2) is 5.84 Å². The molecule has 3 heteroatoms. The zero-order valence-corrected chi connectivity index (χ0v) is 7.20. The fraction of sp³-hybridized carbons (Fsp3) is 0.100. The molecule has 1 aromatic carbocycles. The molecule has 3 N–H and O–H groups in total. The molecule has 0 saturated carbocycles. The van der Waals surface area contributed by atoms with Gasteiger partial charge in [0.15, 0.2) is 0 Å². The van der Waals surface area contributed by atoms with Crippen molar-refractivity contribution in [1.82, 2.24) is 5.43 Å². The predicted molar refractivity (Wildman–Crippen MR) is 53.9 cm³/mol. The van der Waals surface area contributed by atoms with Gasteiger partial charge in [-0.15, -0.1) is 0 Å². The summed E-state index contributed by atoms with van der Waals surface area (Å²) >= 11 is 0. The van der Waals surface area contributed by atoms with E-state index in [1.54, 1.807) is 6.20 Å². The first-order valence-electron chi connectivity index (χ1n) is 4.18. The minimum absolute atomic E-state index is 0.764. The third kappa shape index (κ3) is 1.60. The van der Waals surface area contributed by atoms with E-state index in [9.17, 15) is 0 Å². The van der Waals surface area contributed by atoms with E-state index in [1.165, 1.54) is 11.1 Å². The van der Waals surface area contributed by atoms with E-state index in [4.69, 9.17) is 5.84 Å². The van der Waals surface area contributed by atoms with Crippen molar-refractivity contribution < 1.29 is 0 Å². The molecule has 2 rings (SSSR count). The lowest BCUT2D eigenvalue weighted by Gasteiger charge is -2.04. The Morgan fingerprint density at radius 3 is 3.00 bits per heavy atom. The first kappa shape index (κ1) is 8.01. The SMILES string of the molecule is NNC1=NC=Cc2ccccc2C1. The van der Waals surface area contributed by atoms with Crippen LogP contribution in [-0.2, 0) is 6.42 Å². The van der Waals surface area contributed by atoms with Crippen LogP contribution in [0, 0.1) is 0 Å². The topological polar surface area (TPSA) is 50.4 Å². The molecule has 0 radical (unpaired) electrons. The van der Waals surface area contributed by atoms with Crippen molar-refractivity contribution in [2.24, 2.45) is 10.8 Å². The van der Waals surface area contributed by atoms with Crippen LogP contribution in [0.3, 0.4) is 0 Å². The highest BCUT2D eigenvalue weighted by atomic mass is 15.2. The predicted octanol–water partition coefficient (Wildman–Crippen LogP) is 1.08. The fourth-order valence-corrected chi connectivity index (χ4v) is 1.38.